The smallest absolute Gasteiger partial charge is 0.276 e. The Bertz CT molecular complexity index is 885. The van der Waals surface area contributed by atoms with Gasteiger partial charge in [-0.25, -0.2) is 4.98 Å². The number of aromatic nitrogens is 2. The third-order valence-corrected chi connectivity index (χ3v) is 4.94. The SMILES string of the molecule is O=C(NN1CCCCCC1=O)c1cnc(N2CCc3ccccc32)nc1O. The van der Waals surface area contributed by atoms with Gasteiger partial charge in [0.15, 0.2) is 0 Å². The zero-order valence-electron chi connectivity index (χ0n) is 14.9. The second-order valence-electron chi connectivity index (χ2n) is 6.73. The number of carbonyl (C=O) groups is 2. The highest BCUT2D eigenvalue weighted by molar-refractivity contribution is 5.97. The van der Waals surface area contributed by atoms with Crippen molar-refractivity contribution in [3.8, 4) is 5.88 Å². The van der Waals surface area contributed by atoms with Crippen molar-refractivity contribution in [1.29, 1.82) is 0 Å². The van der Waals surface area contributed by atoms with Crippen molar-refractivity contribution in [2.75, 3.05) is 18.0 Å². The molecule has 0 saturated carbocycles. The van der Waals surface area contributed by atoms with Crippen LogP contribution in [0.2, 0.25) is 0 Å². The molecule has 0 spiro atoms. The Kier molecular flexibility index (Phi) is 4.62. The molecule has 2 amide bonds. The van der Waals surface area contributed by atoms with Crippen LogP contribution in [0.25, 0.3) is 0 Å². The molecule has 3 heterocycles. The second-order valence-corrected chi connectivity index (χ2v) is 6.73. The summed E-state index contributed by atoms with van der Waals surface area (Å²) in [6, 6.07) is 7.96. The van der Waals surface area contributed by atoms with Crippen molar-refractivity contribution < 1.29 is 14.7 Å². The fourth-order valence-corrected chi connectivity index (χ4v) is 3.48. The van der Waals surface area contributed by atoms with Gasteiger partial charge in [-0.2, -0.15) is 4.98 Å². The van der Waals surface area contributed by atoms with Gasteiger partial charge in [0.25, 0.3) is 5.91 Å². The molecule has 1 aromatic heterocycles. The standard InChI is InChI=1S/C19H21N5O3/c25-16-8-2-1-5-10-24(16)22-18(27)14-12-20-19(21-17(14)26)23-11-9-13-6-3-4-7-15(13)23/h3-4,6-7,12H,1-2,5,8-11H2,(H,22,27)(H,20,21,26). The predicted molar refractivity (Wildman–Crippen MR) is 98.5 cm³/mol. The minimum absolute atomic E-state index is 0.0525. The van der Waals surface area contributed by atoms with Crippen LogP contribution in [0.3, 0.4) is 0 Å². The van der Waals surface area contributed by atoms with E-state index in [-0.39, 0.29) is 11.5 Å². The van der Waals surface area contributed by atoms with Crippen LogP contribution in [-0.2, 0) is 11.2 Å². The monoisotopic (exact) mass is 367 g/mol. The van der Waals surface area contributed by atoms with Crippen LogP contribution >= 0.6 is 0 Å². The molecular formula is C19H21N5O3. The normalized spacial score (nSPS) is 16.8. The van der Waals surface area contributed by atoms with Crippen LogP contribution < -0.4 is 10.3 Å². The Morgan fingerprint density at radius 3 is 2.81 bits per heavy atom. The largest absolute Gasteiger partial charge is 0.493 e. The highest BCUT2D eigenvalue weighted by atomic mass is 16.3. The lowest BCUT2D eigenvalue weighted by Gasteiger charge is -2.21. The summed E-state index contributed by atoms with van der Waals surface area (Å²) in [5.74, 6) is -0.758. The van der Waals surface area contributed by atoms with E-state index in [0.717, 1.165) is 31.4 Å². The molecule has 8 nitrogen and oxygen atoms in total. The van der Waals surface area contributed by atoms with E-state index < -0.39 is 11.8 Å². The van der Waals surface area contributed by atoms with Gasteiger partial charge in [-0.15, -0.1) is 0 Å². The van der Waals surface area contributed by atoms with E-state index in [4.69, 9.17) is 0 Å². The average molecular weight is 367 g/mol. The molecule has 1 fully saturated rings. The van der Waals surface area contributed by atoms with E-state index in [0.29, 0.717) is 25.5 Å². The van der Waals surface area contributed by atoms with Crippen LogP contribution in [0.5, 0.6) is 5.88 Å². The maximum atomic E-state index is 12.5. The Morgan fingerprint density at radius 1 is 1.11 bits per heavy atom. The summed E-state index contributed by atoms with van der Waals surface area (Å²) in [5, 5.41) is 11.6. The van der Waals surface area contributed by atoms with Gasteiger partial charge in [0.2, 0.25) is 17.7 Å². The van der Waals surface area contributed by atoms with Gasteiger partial charge >= 0.3 is 0 Å². The lowest BCUT2D eigenvalue weighted by molar-refractivity contribution is -0.133. The number of amides is 2. The van der Waals surface area contributed by atoms with Crippen molar-refractivity contribution >= 4 is 23.5 Å². The zero-order chi connectivity index (χ0) is 18.8. The Hall–Kier alpha value is -3.16. The highest BCUT2D eigenvalue weighted by Crippen LogP contribution is 2.33. The molecule has 8 heteroatoms. The van der Waals surface area contributed by atoms with Crippen LogP contribution in [0.1, 0.15) is 41.6 Å². The maximum absolute atomic E-state index is 12.5. The molecule has 2 aliphatic rings. The summed E-state index contributed by atoms with van der Waals surface area (Å²) in [6.45, 7) is 1.18. The topological polar surface area (TPSA) is 98.7 Å². The number of fused-ring (bicyclic) bond motifs is 1. The van der Waals surface area contributed by atoms with Crippen molar-refractivity contribution in [3.63, 3.8) is 0 Å². The number of aromatic hydroxyl groups is 1. The molecule has 1 aromatic carbocycles. The fraction of sp³-hybridized carbons (Fsp3) is 0.368. The number of para-hydroxylation sites is 1. The number of hydrogen-bond donors (Lipinski definition) is 2. The van der Waals surface area contributed by atoms with E-state index in [9.17, 15) is 14.7 Å². The van der Waals surface area contributed by atoms with E-state index in [1.165, 1.54) is 16.8 Å². The summed E-state index contributed by atoms with van der Waals surface area (Å²) in [6.07, 6.45) is 5.21. The molecule has 2 N–H and O–H groups in total. The maximum Gasteiger partial charge on any atom is 0.276 e. The number of anilines is 2. The van der Waals surface area contributed by atoms with Crippen molar-refractivity contribution in [3.05, 3.63) is 41.6 Å². The van der Waals surface area contributed by atoms with Crippen molar-refractivity contribution in [2.24, 2.45) is 0 Å². The lowest BCUT2D eigenvalue weighted by atomic mass is 10.2. The molecule has 0 radical (unpaired) electrons. The second kappa shape index (κ2) is 7.22. The summed E-state index contributed by atoms with van der Waals surface area (Å²) < 4.78 is 0. The first kappa shape index (κ1) is 17.3. The highest BCUT2D eigenvalue weighted by Gasteiger charge is 2.25. The van der Waals surface area contributed by atoms with E-state index in [1.807, 2.05) is 23.1 Å². The fourth-order valence-electron chi connectivity index (χ4n) is 3.48. The summed E-state index contributed by atoms with van der Waals surface area (Å²) >= 11 is 0. The van der Waals surface area contributed by atoms with Gasteiger partial charge in [-0.3, -0.25) is 20.0 Å². The van der Waals surface area contributed by atoms with E-state index >= 15 is 0 Å². The number of nitrogens with one attached hydrogen (secondary N) is 1. The summed E-state index contributed by atoms with van der Waals surface area (Å²) in [7, 11) is 0. The summed E-state index contributed by atoms with van der Waals surface area (Å²) in [5.41, 5.74) is 4.71. The van der Waals surface area contributed by atoms with Gasteiger partial charge in [0.05, 0.1) is 0 Å². The first-order valence-electron chi connectivity index (χ1n) is 9.16. The Morgan fingerprint density at radius 2 is 1.96 bits per heavy atom. The zero-order valence-corrected chi connectivity index (χ0v) is 14.9. The lowest BCUT2D eigenvalue weighted by Crippen LogP contribution is -2.46. The summed E-state index contributed by atoms with van der Waals surface area (Å²) in [4.78, 5) is 34.8. The van der Waals surface area contributed by atoms with Gasteiger partial charge in [0.1, 0.15) is 5.56 Å². The van der Waals surface area contributed by atoms with E-state index in [2.05, 4.69) is 21.5 Å². The van der Waals surface area contributed by atoms with Crippen molar-refractivity contribution in [2.45, 2.75) is 32.1 Å². The van der Waals surface area contributed by atoms with Crippen LogP contribution in [0, 0.1) is 0 Å². The molecule has 0 bridgehead atoms. The number of hydrogen-bond acceptors (Lipinski definition) is 6. The Labute approximate surface area is 156 Å². The van der Waals surface area contributed by atoms with Gasteiger partial charge in [-0.1, -0.05) is 24.6 Å². The first-order valence-corrected chi connectivity index (χ1v) is 9.16. The molecule has 0 aliphatic carbocycles. The minimum Gasteiger partial charge on any atom is -0.493 e. The number of carbonyl (C=O) groups excluding carboxylic acids is 2. The van der Waals surface area contributed by atoms with Gasteiger partial charge < -0.3 is 10.0 Å². The molecule has 4 rings (SSSR count). The third kappa shape index (κ3) is 3.42. The average Bonchev–Trinajstić information content (AvgIpc) is 3.00. The third-order valence-electron chi connectivity index (χ3n) is 4.94. The number of benzene rings is 1. The van der Waals surface area contributed by atoms with Crippen LogP contribution in [0.4, 0.5) is 11.6 Å². The predicted octanol–water partition coefficient (Wildman–Crippen LogP) is 1.92. The molecule has 27 heavy (non-hydrogen) atoms. The van der Waals surface area contributed by atoms with E-state index in [1.54, 1.807) is 0 Å². The molecule has 1 saturated heterocycles. The van der Waals surface area contributed by atoms with Gasteiger partial charge in [-0.05, 0) is 30.9 Å². The molecular weight excluding hydrogens is 346 g/mol. The van der Waals surface area contributed by atoms with Gasteiger partial charge in [0, 0.05) is 31.4 Å². The molecule has 0 unspecified atom stereocenters. The quantitative estimate of drug-likeness (QED) is 0.860. The first-order chi connectivity index (χ1) is 13.1. The molecule has 2 aromatic rings. The number of rotatable bonds is 3. The van der Waals surface area contributed by atoms with Crippen LogP contribution in [0.15, 0.2) is 30.5 Å². The Balaban J connectivity index is 1.52. The molecule has 2 aliphatic heterocycles. The minimum atomic E-state index is -0.587. The van der Waals surface area contributed by atoms with Crippen LogP contribution in [-0.4, -0.2) is 45.0 Å². The molecule has 140 valence electrons. The number of nitrogens with zero attached hydrogens (tertiary/aromatic N) is 4. The molecule has 0 atom stereocenters. The number of hydrazine groups is 1. The van der Waals surface area contributed by atoms with Crippen molar-refractivity contribution in [1.82, 2.24) is 20.4 Å².